The van der Waals surface area contributed by atoms with Crippen LogP contribution in [0.1, 0.15) is 47.0 Å². The van der Waals surface area contributed by atoms with Crippen molar-refractivity contribution in [1.29, 1.82) is 0 Å². The molecule has 2 N–H and O–H groups in total. The SMILES string of the molecule is CC1(C)CC(NCC(=O)NC2CCOCC2)C(C)(C)O1. The average Bonchev–Trinajstić information content (AvgIpc) is 2.55. The molecule has 0 spiro atoms. The average molecular weight is 284 g/mol. The van der Waals surface area contributed by atoms with Gasteiger partial charge in [-0.3, -0.25) is 4.79 Å². The Kier molecular flexibility index (Phi) is 4.72. The number of hydrogen-bond donors (Lipinski definition) is 2. The topological polar surface area (TPSA) is 59.6 Å². The predicted octanol–water partition coefficient (Wildman–Crippen LogP) is 1.22. The Morgan fingerprint density at radius 2 is 1.85 bits per heavy atom. The van der Waals surface area contributed by atoms with Crippen LogP contribution in [0.2, 0.25) is 0 Å². The Balaban J connectivity index is 1.75. The van der Waals surface area contributed by atoms with Crippen molar-refractivity contribution in [3.05, 3.63) is 0 Å². The number of amides is 1. The van der Waals surface area contributed by atoms with Crippen LogP contribution in [0.4, 0.5) is 0 Å². The zero-order chi connectivity index (χ0) is 14.8. The molecule has 20 heavy (non-hydrogen) atoms. The zero-order valence-electron chi connectivity index (χ0n) is 13.1. The maximum absolute atomic E-state index is 12.0. The summed E-state index contributed by atoms with van der Waals surface area (Å²) in [6, 6.07) is 0.472. The van der Waals surface area contributed by atoms with E-state index in [0.29, 0.717) is 6.54 Å². The Labute approximate surface area is 121 Å². The molecule has 2 saturated heterocycles. The third kappa shape index (κ3) is 4.17. The minimum absolute atomic E-state index is 0.0670. The second kappa shape index (κ2) is 6.00. The first-order valence-electron chi connectivity index (χ1n) is 7.59. The summed E-state index contributed by atoms with van der Waals surface area (Å²) in [5.41, 5.74) is -0.360. The quantitative estimate of drug-likeness (QED) is 0.815. The molecule has 2 heterocycles. The standard InChI is InChI=1S/C15H28N2O3/c1-14(2)9-12(15(3,4)20-14)16-10-13(18)17-11-5-7-19-8-6-11/h11-12,16H,5-10H2,1-4H3,(H,17,18). The Morgan fingerprint density at radius 1 is 1.20 bits per heavy atom. The summed E-state index contributed by atoms with van der Waals surface area (Å²) in [6.45, 7) is 10.2. The van der Waals surface area contributed by atoms with E-state index in [-0.39, 0.29) is 29.2 Å². The van der Waals surface area contributed by atoms with Crippen LogP contribution in [0.3, 0.4) is 0 Å². The van der Waals surface area contributed by atoms with Gasteiger partial charge in [0.25, 0.3) is 0 Å². The van der Waals surface area contributed by atoms with E-state index in [2.05, 4.69) is 38.3 Å². The van der Waals surface area contributed by atoms with Crippen molar-refractivity contribution in [2.45, 2.75) is 70.2 Å². The molecule has 2 rings (SSSR count). The van der Waals surface area contributed by atoms with Gasteiger partial charge in [0.15, 0.2) is 0 Å². The fraction of sp³-hybridized carbons (Fsp3) is 0.933. The molecule has 2 aliphatic rings. The third-order valence-corrected chi connectivity index (χ3v) is 4.17. The molecule has 0 bridgehead atoms. The van der Waals surface area contributed by atoms with Gasteiger partial charge in [0.1, 0.15) is 0 Å². The maximum Gasteiger partial charge on any atom is 0.234 e. The molecule has 0 radical (unpaired) electrons. The van der Waals surface area contributed by atoms with Crippen molar-refractivity contribution in [2.24, 2.45) is 0 Å². The minimum Gasteiger partial charge on any atom is -0.381 e. The highest BCUT2D eigenvalue weighted by Gasteiger charge is 2.45. The zero-order valence-corrected chi connectivity index (χ0v) is 13.1. The van der Waals surface area contributed by atoms with Gasteiger partial charge in [-0.05, 0) is 47.0 Å². The fourth-order valence-corrected chi connectivity index (χ4v) is 3.22. The molecule has 2 aliphatic heterocycles. The van der Waals surface area contributed by atoms with Crippen LogP contribution in [0, 0.1) is 0 Å². The van der Waals surface area contributed by atoms with Crippen molar-refractivity contribution in [2.75, 3.05) is 19.8 Å². The van der Waals surface area contributed by atoms with E-state index in [9.17, 15) is 4.79 Å². The molecule has 1 unspecified atom stereocenters. The van der Waals surface area contributed by atoms with Crippen molar-refractivity contribution in [3.63, 3.8) is 0 Å². The molecule has 5 nitrogen and oxygen atoms in total. The monoisotopic (exact) mass is 284 g/mol. The Bertz CT molecular complexity index is 349. The molecular formula is C15H28N2O3. The van der Waals surface area contributed by atoms with E-state index in [1.807, 2.05) is 0 Å². The lowest BCUT2D eigenvalue weighted by Crippen LogP contribution is -2.49. The van der Waals surface area contributed by atoms with Crippen LogP contribution in [-0.4, -0.2) is 49.0 Å². The second-order valence-electron chi connectivity index (χ2n) is 7.06. The van der Waals surface area contributed by atoms with E-state index < -0.39 is 0 Å². The van der Waals surface area contributed by atoms with E-state index in [0.717, 1.165) is 32.5 Å². The molecule has 0 aliphatic carbocycles. The lowest BCUT2D eigenvalue weighted by molar-refractivity contribution is -0.121. The van der Waals surface area contributed by atoms with Crippen molar-refractivity contribution in [3.8, 4) is 0 Å². The molecule has 0 aromatic carbocycles. The lowest BCUT2D eigenvalue weighted by atomic mass is 9.94. The number of carbonyl (C=O) groups is 1. The predicted molar refractivity (Wildman–Crippen MR) is 77.6 cm³/mol. The summed E-state index contributed by atoms with van der Waals surface area (Å²) in [5, 5.41) is 6.42. The Morgan fingerprint density at radius 3 is 2.40 bits per heavy atom. The van der Waals surface area contributed by atoms with Crippen LogP contribution in [0.25, 0.3) is 0 Å². The summed E-state index contributed by atoms with van der Waals surface area (Å²) < 4.78 is 11.3. The van der Waals surface area contributed by atoms with Crippen LogP contribution in [0.15, 0.2) is 0 Å². The third-order valence-electron chi connectivity index (χ3n) is 4.17. The number of nitrogens with one attached hydrogen (secondary N) is 2. The molecule has 1 atom stereocenters. The number of hydrogen-bond acceptors (Lipinski definition) is 4. The lowest BCUT2D eigenvalue weighted by Gasteiger charge is -2.28. The molecular weight excluding hydrogens is 256 g/mol. The normalized spacial score (nSPS) is 29.3. The molecule has 1 amide bonds. The molecule has 2 fully saturated rings. The van der Waals surface area contributed by atoms with Gasteiger partial charge in [-0.25, -0.2) is 0 Å². The number of rotatable bonds is 4. The number of carbonyl (C=O) groups excluding carboxylic acids is 1. The smallest absolute Gasteiger partial charge is 0.234 e. The van der Waals surface area contributed by atoms with E-state index in [1.165, 1.54) is 0 Å². The minimum atomic E-state index is -0.234. The van der Waals surface area contributed by atoms with E-state index in [1.54, 1.807) is 0 Å². The molecule has 0 saturated carbocycles. The maximum atomic E-state index is 12.0. The van der Waals surface area contributed by atoms with Crippen LogP contribution >= 0.6 is 0 Å². The van der Waals surface area contributed by atoms with Gasteiger partial charge in [-0.1, -0.05) is 0 Å². The molecule has 116 valence electrons. The highest BCUT2D eigenvalue weighted by atomic mass is 16.5. The van der Waals surface area contributed by atoms with E-state index >= 15 is 0 Å². The van der Waals surface area contributed by atoms with Gasteiger partial charge in [0, 0.05) is 25.3 Å². The van der Waals surface area contributed by atoms with Gasteiger partial charge in [0.2, 0.25) is 5.91 Å². The second-order valence-corrected chi connectivity index (χ2v) is 7.06. The summed E-state index contributed by atoms with van der Waals surface area (Å²) in [6.07, 6.45) is 2.75. The first-order chi connectivity index (χ1) is 9.28. The van der Waals surface area contributed by atoms with Gasteiger partial charge in [-0.15, -0.1) is 0 Å². The Hall–Kier alpha value is -0.650. The summed E-state index contributed by atoms with van der Waals surface area (Å²) >= 11 is 0. The van der Waals surface area contributed by atoms with E-state index in [4.69, 9.17) is 9.47 Å². The van der Waals surface area contributed by atoms with Crippen LogP contribution in [0.5, 0.6) is 0 Å². The van der Waals surface area contributed by atoms with Gasteiger partial charge < -0.3 is 20.1 Å². The van der Waals surface area contributed by atoms with Gasteiger partial charge in [0.05, 0.1) is 17.7 Å². The summed E-state index contributed by atoms with van der Waals surface area (Å²) in [5.74, 6) is 0.0670. The molecule has 5 heteroatoms. The summed E-state index contributed by atoms with van der Waals surface area (Å²) in [4.78, 5) is 12.0. The van der Waals surface area contributed by atoms with Crippen LogP contribution in [-0.2, 0) is 14.3 Å². The highest BCUT2D eigenvalue weighted by molar-refractivity contribution is 5.78. The first-order valence-corrected chi connectivity index (χ1v) is 7.59. The molecule has 0 aromatic heterocycles. The van der Waals surface area contributed by atoms with Gasteiger partial charge in [-0.2, -0.15) is 0 Å². The number of ether oxygens (including phenoxy) is 2. The fourth-order valence-electron chi connectivity index (χ4n) is 3.22. The first kappa shape index (κ1) is 15.7. The highest BCUT2D eigenvalue weighted by Crippen LogP contribution is 2.37. The van der Waals surface area contributed by atoms with Crippen LogP contribution < -0.4 is 10.6 Å². The van der Waals surface area contributed by atoms with Gasteiger partial charge >= 0.3 is 0 Å². The van der Waals surface area contributed by atoms with Crippen molar-refractivity contribution in [1.82, 2.24) is 10.6 Å². The largest absolute Gasteiger partial charge is 0.381 e. The molecule has 0 aromatic rings. The van der Waals surface area contributed by atoms with Crippen molar-refractivity contribution >= 4 is 5.91 Å². The summed E-state index contributed by atoms with van der Waals surface area (Å²) in [7, 11) is 0. The van der Waals surface area contributed by atoms with Crippen molar-refractivity contribution < 1.29 is 14.3 Å².